The average Bonchev–Trinajstić information content (AvgIpc) is 2.03. The number of rotatable bonds is 0. The van der Waals surface area contributed by atoms with Gasteiger partial charge in [0.25, 0.3) is 0 Å². The van der Waals surface area contributed by atoms with Gasteiger partial charge in [0.15, 0.2) is 0 Å². The molecule has 0 amide bonds. The fraction of sp³-hybridized carbons (Fsp3) is 0. The summed E-state index contributed by atoms with van der Waals surface area (Å²) in [7, 11) is 0. The zero-order valence-corrected chi connectivity index (χ0v) is 10.4. The molecular weight excluding hydrogens is 340 g/mol. The van der Waals surface area contributed by atoms with Crippen molar-refractivity contribution in [2.45, 2.75) is 0 Å². The van der Waals surface area contributed by atoms with Crippen LogP contribution in [0.15, 0.2) is 0 Å². The SMILES string of the molecule is [Au].[C-]#N.[C-]#N.[C-]#N.[C-]#N.[K]. The van der Waals surface area contributed by atoms with E-state index in [1.54, 1.807) is 0 Å². The van der Waals surface area contributed by atoms with Crippen molar-refractivity contribution in [2.24, 2.45) is 0 Å². The molecule has 0 aliphatic carbocycles. The Morgan fingerprint density at radius 1 is 0.500 bits per heavy atom. The number of nitrogens with zero attached hydrogens (tertiary/aromatic N) is 4. The van der Waals surface area contributed by atoms with E-state index >= 15 is 0 Å². The van der Waals surface area contributed by atoms with E-state index in [2.05, 4.69) is 0 Å². The Morgan fingerprint density at radius 3 is 0.500 bits per heavy atom. The Labute approximate surface area is 119 Å². The van der Waals surface area contributed by atoms with Crippen molar-refractivity contribution >= 4 is 51.4 Å². The Morgan fingerprint density at radius 2 is 0.500 bits per heavy atom. The summed E-state index contributed by atoms with van der Waals surface area (Å²) < 4.78 is 0. The van der Waals surface area contributed by atoms with Crippen molar-refractivity contribution in [3.05, 3.63) is 26.3 Å². The minimum Gasteiger partial charge on any atom is -0.512 e. The molecule has 0 aliphatic rings. The maximum Gasteiger partial charge on any atom is 0 e. The molecule has 0 heterocycles. The van der Waals surface area contributed by atoms with E-state index in [9.17, 15) is 0 Å². The minimum absolute atomic E-state index is 0. The molecule has 6 heteroatoms. The maximum atomic E-state index is 6.25. The first-order valence-corrected chi connectivity index (χ1v) is 0.894. The van der Waals surface area contributed by atoms with Crippen LogP contribution >= 0.6 is 0 Å². The molecule has 2 radical (unpaired) electrons. The van der Waals surface area contributed by atoms with Gasteiger partial charge in [-0.1, -0.05) is 0 Å². The van der Waals surface area contributed by atoms with Crippen LogP contribution in [0.25, 0.3) is 0 Å². The van der Waals surface area contributed by atoms with Gasteiger partial charge in [0, 0.05) is 73.8 Å². The summed E-state index contributed by atoms with van der Waals surface area (Å²) in [6, 6.07) is 0. The zero-order valence-electron chi connectivity index (χ0n) is 5.09. The molecule has 0 spiro atoms. The van der Waals surface area contributed by atoms with Crippen LogP contribution < -0.4 is 0 Å². The molecule has 0 atom stereocenters. The van der Waals surface area contributed by atoms with Gasteiger partial charge >= 0.3 is 0 Å². The largest absolute Gasteiger partial charge is 0.512 e. The summed E-state index contributed by atoms with van der Waals surface area (Å²) in [5.74, 6) is 0. The molecule has 0 fully saturated rings. The second-order valence-corrected chi connectivity index (χ2v) is 0. The van der Waals surface area contributed by atoms with Crippen molar-refractivity contribution in [3.8, 4) is 0 Å². The predicted octanol–water partition coefficient (Wildman–Crippen LogP) is 0.00218. The van der Waals surface area contributed by atoms with Gasteiger partial charge < -0.3 is 47.3 Å². The van der Waals surface area contributed by atoms with Crippen LogP contribution in [0.4, 0.5) is 0 Å². The van der Waals surface area contributed by atoms with Crippen molar-refractivity contribution in [1.29, 1.82) is 21.0 Å². The molecular formula is C4AuKN4-4. The van der Waals surface area contributed by atoms with Crippen molar-refractivity contribution < 1.29 is 22.4 Å². The van der Waals surface area contributed by atoms with E-state index < -0.39 is 0 Å². The molecule has 0 bridgehead atoms. The molecule has 0 rings (SSSR count). The number of hydrogen-bond acceptors (Lipinski definition) is 4. The van der Waals surface area contributed by atoms with Gasteiger partial charge in [-0.25, -0.2) is 0 Å². The molecule has 10 heavy (non-hydrogen) atoms. The normalized spacial score (nSPS) is 0.800. The first kappa shape index (κ1) is 47.9. The summed E-state index contributed by atoms with van der Waals surface area (Å²) in [5.41, 5.74) is 0. The molecule has 52 valence electrons. The van der Waals surface area contributed by atoms with Crippen LogP contribution in [0, 0.1) is 47.3 Å². The van der Waals surface area contributed by atoms with Crippen molar-refractivity contribution in [2.75, 3.05) is 0 Å². The van der Waals surface area contributed by atoms with E-state index in [4.69, 9.17) is 47.3 Å². The Balaban J connectivity index is -0.00000000500. The molecule has 0 aliphatic heterocycles. The smallest absolute Gasteiger partial charge is 0 e. The molecule has 0 aromatic carbocycles. The van der Waals surface area contributed by atoms with Gasteiger partial charge in [-0.2, -0.15) is 0 Å². The summed E-state index contributed by atoms with van der Waals surface area (Å²) in [5, 5.41) is 25.0. The van der Waals surface area contributed by atoms with E-state index in [1.165, 1.54) is 0 Å². The summed E-state index contributed by atoms with van der Waals surface area (Å²) >= 11 is 0. The van der Waals surface area contributed by atoms with Gasteiger partial charge in [-0.3, -0.25) is 0 Å². The first-order chi connectivity index (χ1) is 4.00. The molecule has 4 nitrogen and oxygen atoms in total. The van der Waals surface area contributed by atoms with E-state index in [0.29, 0.717) is 0 Å². The number of hydrogen-bond donors (Lipinski definition) is 0. The predicted molar refractivity (Wildman–Crippen MR) is 25.6 cm³/mol. The van der Waals surface area contributed by atoms with Crippen LogP contribution in [0.2, 0.25) is 0 Å². The monoisotopic (exact) mass is 340 g/mol. The van der Waals surface area contributed by atoms with Crippen LogP contribution in [-0.4, -0.2) is 51.4 Å². The molecule has 0 saturated carbocycles. The third kappa shape index (κ3) is 3960. The van der Waals surface area contributed by atoms with E-state index in [1.807, 2.05) is 0 Å². The van der Waals surface area contributed by atoms with Crippen LogP contribution in [-0.2, 0) is 22.4 Å². The summed E-state index contributed by atoms with van der Waals surface area (Å²) in [6.45, 7) is 19.0. The van der Waals surface area contributed by atoms with Crippen LogP contribution in [0.5, 0.6) is 0 Å². The molecule has 0 aromatic heterocycles. The third-order valence-corrected chi connectivity index (χ3v) is 0. The molecule has 0 unspecified atom stereocenters. The minimum atomic E-state index is 0. The molecule has 0 aromatic rings. The van der Waals surface area contributed by atoms with E-state index in [0.717, 1.165) is 0 Å². The summed E-state index contributed by atoms with van der Waals surface area (Å²) in [6.07, 6.45) is 0. The topological polar surface area (TPSA) is 95.2 Å². The van der Waals surface area contributed by atoms with Gasteiger partial charge in [0.1, 0.15) is 0 Å². The second-order valence-electron chi connectivity index (χ2n) is 0. The standard InChI is InChI=1S/4CN.Au.K/c4*1-2;;/q4*-1;;. The quantitative estimate of drug-likeness (QED) is 0.458. The van der Waals surface area contributed by atoms with E-state index in [-0.39, 0.29) is 73.8 Å². The first-order valence-electron chi connectivity index (χ1n) is 0.894. The third-order valence-electron chi connectivity index (χ3n) is 0. The van der Waals surface area contributed by atoms with Gasteiger partial charge in [0.05, 0.1) is 0 Å². The van der Waals surface area contributed by atoms with Crippen LogP contribution in [0.3, 0.4) is 0 Å². The Kier molecular flexibility index (Phi) is 27400. The Bertz CT molecular complexity index is 60.2. The van der Waals surface area contributed by atoms with Crippen molar-refractivity contribution in [3.63, 3.8) is 0 Å². The fourth-order valence-corrected chi connectivity index (χ4v) is 0. The zero-order chi connectivity index (χ0) is 8.00. The fourth-order valence-electron chi connectivity index (χ4n) is 0. The van der Waals surface area contributed by atoms with Crippen molar-refractivity contribution in [1.82, 2.24) is 0 Å². The van der Waals surface area contributed by atoms with Gasteiger partial charge in [0.2, 0.25) is 0 Å². The van der Waals surface area contributed by atoms with Crippen LogP contribution in [0.1, 0.15) is 0 Å². The molecule has 0 saturated heterocycles. The maximum absolute atomic E-state index is 6.25. The van der Waals surface area contributed by atoms with Gasteiger partial charge in [-0.15, -0.1) is 0 Å². The summed E-state index contributed by atoms with van der Waals surface area (Å²) in [4.78, 5) is 0. The Hall–Kier alpha value is 0.337. The second kappa shape index (κ2) is 5730. The average molecular weight is 340 g/mol. The van der Waals surface area contributed by atoms with Gasteiger partial charge in [-0.05, 0) is 0 Å². The molecule has 0 N–H and O–H groups in total.